The average Bonchev–Trinajstić information content (AvgIpc) is 2.37. The van der Waals surface area contributed by atoms with Gasteiger partial charge in [-0.2, -0.15) is 0 Å². The lowest BCUT2D eigenvalue weighted by atomic mass is 9.71. The van der Waals surface area contributed by atoms with Crippen LogP contribution in [0, 0.1) is 23.7 Å². The van der Waals surface area contributed by atoms with Gasteiger partial charge in [-0.25, -0.2) is 0 Å². The van der Waals surface area contributed by atoms with Gasteiger partial charge < -0.3 is 5.73 Å². The standard InChI is InChI=1S/C16H29N/c1-11-6-8-14(5-4-10-17)15-9-7-12(2)16(11)13(15)3/h11-12,14-15H,4-10,17H2,1-3H3. The van der Waals surface area contributed by atoms with Gasteiger partial charge in [0, 0.05) is 0 Å². The van der Waals surface area contributed by atoms with E-state index in [2.05, 4.69) is 20.8 Å². The molecule has 2 aliphatic carbocycles. The maximum Gasteiger partial charge on any atom is -0.00772 e. The third kappa shape index (κ3) is 2.59. The lowest BCUT2D eigenvalue weighted by molar-refractivity contribution is 0.292. The average molecular weight is 235 g/mol. The van der Waals surface area contributed by atoms with E-state index in [0.717, 1.165) is 30.2 Å². The molecule has 2 rings (SSSR count). The third-order valence-electron chi connectivity index (χ3n) is 5.30. The van der Waals surface area contributed by atoms with Gasteiger partial charge in [-0.1, -0.05) is 25.0 Å². The first-order valence-corrected chi connectivity index (χ1v) is 7.55. The maximum atomic E-state index is 5.68. The molecule has 0 aromatic rings. The van der Waals surface area contributed by atoms with Gasteiger partial charge in [0.25, 0.3) is 0 Å². The molecule has 2 N–H and O–H groups in total. The van der Waals surface area contributed by atoms with Crippen LogP contribution in [0.3, 0.4) is 0 Å². The molecule has 0 aromatic carbocycles. The fourth-order valence-electron chi connectivity index (χ4n) is 4.41. The predicted molar refractivity (Wildman–Crippen MR) is 74.8 cm³/mol. The van der Waals surface area contributed by atoms with Crippen LogP contribution in [0.25, 0.3) is 0 Å². The van der Waals surface area contributed by atoms with E-state index in [1.807, 2.05) is 5.57 Å². The molecule has 0 fully saturated rings. The van der Waals surface area contributed by atoms with Gasteiger partial charge in [0.15, 0.2) is 0 Å². The highest BCUT2D eigenvalue weighted by Crippen LogP contribution is 2.47. The zero-order valence-corrected chi connectivity index (χ0v) is 11.8. The van der Waals surface area contributed by atoms with Crippen molar-refractivity contribution in [3.63, 3.8) is 0 Å². The highest BCUT2D eigenvalue weighted by Gasteiger charge is 2.34. The summed E-state index contributed by atoms with van der Waals surface area (Å²) in [6, 6.07) is 0. The van der Waals surface area contributed by atoms with E-state index < -0.39 is 0 Å². The molecule has 98 valence electrons. The molecule has 2 bridgehead atoms. The molecule has 1 heteroatoms. The SMILES string of the molecule is CC1=C2C(C)CCC(CCCN)C1CCC2C. The molecule has 0 spiro atoms. The maximum absolute atomic E-state index is 5.68. The summed E-state index contributed by atoms with van der Waals surface area (Å²) in [5.41, 5.74) is 9.26. The minimum atomic E-state index is 0.829. The summed E-state index contributed by atoms with van der Waals surface area (Å²) < 4.78 is 0. The first-order chi connectivity index (χ1) is 8.15. The lowest BCUT2D eigenvalue weighted by Gasteiger charge is -2.34. The van der Waals surface area contributed by atoms with E-state index >= 15 is 0 Å². The van der Waals surface area contributed by atoms with Gasteiger partial charge in [-0.15, -0.1) is 0 Å². The predicted octanol–water partition coefficient (Wildman–Crippen LogP) is 4.13. The molecule has 0 heterocycles. The minimum absolute atomic E-state index is 0.829. The van der Waals surface area contributed by atoms with Crippen LogP contribution < -0.4 is 5.73 Å². The van der Waals surface area contributed by atoms with Gasteiger partial charge in [0.05, 0.1) is 0 Å². The second-order valence-electron chi connectivity index (χ2n) is 6.39. The van der Waals surface area contributed by atoms with Crippen LogP contribution in [0.4, 0.5) is 0 Å². The Morgan fingerprint density at radius 2 is 1.71 bits per heavy atom. The molecule has 0 aliphatic heterocycles. The van der Waals surface area contributed by atoms with E-state index in [4.69, 9.17) is 5.73 Å². The van der Waals surface area contributed by atoms with Crippen LogP contribution in [-0.4, -0.2) is 6.54 Å². The minimum Gasteiger partial charge on any atom is -0.330 e. The zero-order valence-electron chi connectivity index (χ0n) is 11.8. The summed E-state index contributed by atoms with van der Waals surface area (Å²) in [5.74, 6) is 3.48. The van der Waals surface area contributed by atoms with Crippen LogP contribution in [0.5, 0.6) is 0 Å². The van der Waals surface area contributed by atoms with Crippen LogP contribution >= 0.6 is 0 Å². The lowest BCUT2D eigenvalue weighted by Crippen LogP contribution is -2.23. The number of fused-ring (bicyclic) bond motifs is 1. The van der Waals surface area contributed by atoms with E-state index in [-0.39, 0.29) is 0 Å². The summed E-state index contributed by atoms with van der Waals surface area (Å²) in [5, 5.41) is 0. The number of nitrogens with two attached hydrogens (primary N) is 1. The highest BCUT2D eigenvalue weighted by molar-refractivity contribution is 5.24. The molecule has 17 heavy (non-hydrogen) atoms. The Balaban J connectivity index is 2.19. The van der Waals surface area contributed by atoms with Crippen molar-refractivity contribution in [2.75, 3.05) is 6.54 Å². The Bertz CT molecular complexity index is 292. The first-order valence-electron chi connectivity index (χ1n) is 7.55. The molecule has 0 amide bonds. The molecule has 0 aromatic heterocycles. The monoisotopic (exact) mass is 235 g/mol. The summed E-state index contributed by atoms with van der Waals surface area (Å²) in [6.07, 6.45) is 8.25. The molecule has 0 radical (unpaired) electrons. The Labute approximate surface area is 107 Å². The molecule has 0 saturated heterocycles. The molecule has 0 saturated carbocycles. The van der Waals surface area contributed by atoms with Crippen molar-refractivity contribution in [2.45, 2.75) is 59.3 Å². The van der Waals surface area contributed by atoms with Gasteiger partial charge in [0.1, 0.15) is 0 Å². The second-order valence-corrected chi connectivity index (χ2v) is 6.39. The van der Waals surface area contributed by atoms with Crippen LogP contribution in [-0.2, 0) is 0 Å². The van der Waals surface area contributed by atoms with Gasteiger partial charge >= 0.3 is 0 Å². The second kappa shape index (κ2) is 5.56. The molecule has 4 atom stereocenters. The number of rotatable bonds is 3. The molecule has 2 aliphatic rings. The van der Waals surface area contributed by atoms with E-state index in [0.29, 0.717) is 0 Å². The van der Waals surface area contributed by atoms with Crippen molar-refractivity contribution in [2.24, 2.45) is 29.4 Å². The van der Waals surface area contributed by atoms with Crippen molar-refractivity contribution in [3.8, 4) is 0 Å². The van der Waals surface area contributed by atoms with E-state index in [1.54, 1.807) is 5.57 Å². The normalized spacial score (nSPS) is 38.1. The Hall–Kier alpha value is -0.300. The summed E-state index contributed by atoms with van der Waals surface area (Å²) >= 11 is 0. The smallest absolute Gasteiger partial charge is 0.00772 e. The first kappa shape index (κ1) is 13.1. The quantitative estimate of drug-likeness (QED) is 0.731. The Morgan fingerprint density at radius 1 is 1.06 bits per heavy atom. The van der Waals surface area contributed by atoms with Crippen LogP contribution in [0.2, 0.25) is 0 Å². The zero-order chi connectivity index (χ0) is 12.4. The van der Waals surface area contributed by atoms with Gasteiger partial charge in [0.2, 0.25) is 0 Å². The largest absolute Gasteiger partial charge is 0.330 e. The Morgan fingerprint density at radius 3 is 2.35 bits per heavy atom. The van der Waals surface area contributed by atoms with E-state index in [1.165, 1.54) is 38.5 Å². The third-order valence-corrected chi connectivity index (χ3v) is 5.30. The number of hydrogen-bond acceptors (Lipinski definition) is 1. The van der Waals surface area contributed by atoms with Crippen LogP contribution in [0.15, 0.2) is 11.1 Å². The van der Waals surface area contributed by atoms with Gasteiger partial charge in [-0.05, 0) is 75.7 Å². The summed E-state index contributed by atoms with van der Waals surface area (Å²) in [4.78, 5) is 0. The van der Waals surface area contributed by atoms with Crippen molar-refractivity contribution < 1.29 is 0 Å². The Kier molecular flexibility index (Phi) is 4.30. The summed E-state index contributed by atoms with van der Waals surface area (Å²) in [7, 11) is 0. The molecule has 1 nitrogen and oxygen atoms in total. The van der Waals surface area contributed by atoms with Crippen LogP contribution in [0.1, 0.15) is 59.3 Å². The number of hydrogen-bond donors (Lipinski definition) is 1. The molecular weight excluding hydrogens is 206 g/mol. The topological polar surface area (TPSA) is 26.0 Å². The van der Waals surface area contributed by atoms with Crippen molar-refractivity contribution in [1.29, 1.82) is 0 Å². The molecular formula is C16H29N. The fraction of sp³-hybridized carbons (Fsp3) is 0.875. The van der Waals surface area contributed by atoms with E-state index in [9.17, 15) is 0 Å². The van der Waals surface area contributed by atoms with Crippen molar-refractivity contribution in [1.82, 2.24) is 0 Å². The van der Waals surface area contributed by atoms with Crippen molar-refractivity contribution in [3.05, 3.63) is 11.1 Å². The number of allylic oxidation sites excluding steroid dienone is 2. The molecule has 4 unspecified atom stereocenters. The fourth-order valence-corrected chi connectivity index (χ4v) is 4.41. The van der Waals surface area contributed by atoms with Crippen molar-refractivity contribution >= 4 is 0 Å². The summed E-state index contributed by atoms with van der Waals surface area (Å²) in [6.45, 7) is 8.17. The highest BCUT2D eigenvalue weighted by atomic mass is 14.5. The van der Waals surface area contributed by atoms with Gasteiger partial charge in [-0.3, -0.25) is 0 Å².